The Morgan fingerprint density at radius 1 is 1.00 bits per heavy atom. The lowest BCUT2D eigenvalue weighted by molar-refractivity contribution is -0.384. The van der Waals surface area contributed by atoms with Gasteiger partial charge in [-0.3, -0.25) is 20.3 Å². The maximum absolute atomic E-state index is 13.5. The molecule has 2 rings (SSSR count). The van der Waals surface area contributed by atoms with E-state index in [-0.39, 0.29) is 11.3 Å². The van der Waals surface area contributed by atoms with E-state index in [0.29, 0.717) is 12.1 Å². The molecule has 0 aliphatic carbocycles. The van der Waals surface area contributed by atoms with Crippen LogP contribution in [0.1, 0.15) is 10.4 Å². The van der Waals surface area contributed by atoms with Crippen LogP contribution in [0, 0.1) is 27.6 Å². The first-order chi connectivity index (χ1) is 11.6. The Morgan fingerprint density at radius 2 is 1.60 bits per heavy atom. The smallest absolute Gasteiger partial charge is 0.269 e. The molecule has 0 saturated carbocycles. The Kier molecular flexibility index (Phi) is 5.04. The molecule has 1 amide bonds. The van der Waals surface area contributed by atoms with Crippen molar-refractivity contribution in [1.29, 1.82) is 0 Å². The molecule has 0 fully saturated rings. The van der Waals surface area contributed by atoms with Gasteiger partial charge in [-0.1, -0.05) is 0 Å². The van der Waals surface area contributed by atoms with Crippen molar-refractivity contribution in [3.05, 3.63) is 69.5 Å². The summed E-state index contributed by atoms with van der Waals surface area (Å²) >= 11 is 0. The summed E-state index contributed by atoms with van der Waals surface area (Å²) in [5, 5.41) is 10.5. The minimum Gasteiger partial charge on any atom is -0.273 e. The number of halogens is 3. The van der Waals surface area contributed by atoms with Crippen molar-refractivity contribution in [1.82, 2.24) is 10.3 Å². The van der Waals surface area contributed by atoms with Crippen LogP contribution < -0.4 is 10.3 Å². The highest BCUT2D eigenvalue weighted by Gasteiger charge is 2.24. The Balaban J connectivity index is 2.15. The van der Waals surface area contributed by atoms with Gasteiger partial charge in [0.25, 0.3) is 21.6 Å². The van der Waals surface area contributed by atoms with Crippen molar-refractivity contribution in [3.8, 4) is 0 Å². The summed E-state index contributed by atoms with van der Waals surface area (Å²) in [6.07, 6.45) is 0. The van der Waals surface area contributed by atoms with Gasteiger partial charge in [-0.15, -0.1) is 4.83 Å². The third-order valence-corrected chi connectivity index (χ3v) is 4.19. The quantitative estimate of drug-likeness (QED) is 0.468. The number of benzene rings is 2. The number of nitro benzene ring substituents is 1. The van der Waals surface area contributed by atoms with Crippen molar-refractivity contribution in [3.63, 3.8) is 0 Å². The molecule has 0 aromatic heterocycles. The topological polar surface area (TPSA) is 118 Å². The number of amides is 1. The molecule has 0 radical (unpaired) electrons. The Bertz CT molecular complexity index is 948. The molecule has 8 nitrogen and oxygen atoms in total. The highest BCUT2D eigenvalue weighted by atomic mass is 32.2. The predicted molar refractivity (Wildman–Crippen MR) is 77.2 cm³/mol. The van der Waals surface area contributed by atoms with Crippen molar-refractivity contribution >= 4 is 21.6 Å². The highest BCUT2D eigenvalue weighted by Crippen LogP contribution is 2.19. The van der Waals surface area contributed by atoms with E-state index in [1.807, 2.05) is 0 Å². The third-order valence-electron chi connectivity index (χ3n) is 2.93. The van der Waals surface area contributed by atoms with Gasteiger partial charge in [0.15, 0.2) is 17.5 Å². The van der Waals surface area contributed by atoms with Crippen LogP contribution in [0.3, 0.4) is 0 Å². The average molecular weight is 375 g/mol. The number of nitrogens with zero attached hydrogens (tertiary/aromatic N) is 1. The van der Waals surface area contributed by atoms with Crippen LogP contribution in [-0.4, -0.2) is 19.2 Å². The van der Waals surface area contributed by atoms with Crippen LogP contribution in [0.4, 0.5) is 18.9 Å². The molecule has 25 heavy (non-hydrogen) atoms. The molecule has 0 aliphatic rings. The lowest BCUT2D eigenvalue weighted by Gasteiger charge is -2.09. The zero-order chi connectivity index (χ0) is 18.8. The Labute approximate surface area is 138 Å². The van der Waals surface area contributed by atoms with Crippen LogP contribution in [0.5, 0.6) is 0 Å². The third kappa shape index (κ3) is 3.92. The summed E-state index contributed by atoms with van der Waals surface area (Å²) in [6.45, 7) is 0. The molecule has 0 saturated heterocycles. The monoisotopic (exact) mass is 375 g/mol. The minimum atomic E-state index is -4.73. The number of non-ortho nitro benzene ring substituents is 1. The lowest BCUT2D eigenvalue weighted by atomic mass is 10.2. The van der Waals surface area contributed by atoms with E-state index in [1.54, 1.807) is 5.43 Å². The second kappa shape index (κ2) is 6.86. The highest BCUT2D eigenvalue weighted by molar-refractivity contribution is 7.89. The number of carbonyl (C=O) groups excluding carboxylic acids is 1. The van der Waals surface area contributed by atoms with Crippen molar-refractivity contribution in [2.45, 2.75) is 4.90 Å². The van der Waals surface area contributed by atoms with E-state index >= 15 is 0 Å². The van der Waals surface area contributed by atoms with E-state index in [9.17, 15) is 36.5 Å². The van der Waals surface area contributed by atoms with Gasteiger partial charge in [0, 0.05) is 17.7 Å². The van der Waals surface area contributed by atoms with Crippen molar-refractivity contribution < 1.29 is 31.3 Å². The summed E-state index contributed by atoms with van der Waals surface area (Å²) in [6, 6.07) is 5.02. The molecule has 132 valence electrons. The van der Waals surface area contributed by atoms with E-state index in [2.05, 4.69) is 0 Å². The molecule has 0 aliphatic heterocycles. The number of rotatable bonds is 5. The molecular weight excluding hydrogens is 367 g/mol. The zero-order valence-corrected chi connectivity index (χ0v) is 12.8. The second-order valence-corrected chi connectivity index (χ2v) is 6.19. The van der Waals surface area contributed by atoms with E-state index in [0.717, 1.165) is 24.3 Å². The van der Waals surface area contributed by atoms with E-state index in [1.165, 1.54) is 4.83 Å². The van der Waals surface area contributed by atoms with Gasteiger partial charge in [0.1, 0.15) is 4.90 Å². The SMILES string of the molecule is O=C(NNS(=O)(=O)c1ccc(F)c(F)c1F)c1ccc([N+](=O)[O-])cc1. The fourth-order valence-corrected chi connectivity index (χ4v) is 2.60. The summed E-state index contributed by atoms with van der Waals surface area (Å²) < 4.78 is 63.1. The van der Waals surface area contributed by atoms with Gasteiger partial charge in [-0.2, -0.15) is 0 Å². The second-order valence-electron chi connectivity index (χ2n) is 4.54. The fourth-order valence-electron chi connectivity index (χ4n) is 1.69. The number of nitro groups is 1. The van der Waals surface area contributed by atoms with Gasteiger partial charge in [0.05, 0.1) is 4.92 Å². The van der Waals surface area contributed by atoms with Gasteiger partial charge in [0.2, 0.25) is 0 Å². The number of hydrogen-bond acceptors (Lipinski definition) is 5. The number of carbonyl (C=O) groups is 1. The normalized spacial score (nSPS) is 11.2. The molecule has 2 aromatic rings. The molecule has 2 N–H and O–H groups in total. The largest absolute Gasteiger partial charge is 0.273 e. The summed E-state index contributed by atoms with van der Waals surface area (Å²) in [7, 11) is -4.73. The molecule has 12 heteroatoms. The first kappa shape index (κ1) is 18.4. The van der Waals surface area contributed by atoms with E-state index < -0.39 is 43.2 Å². The predicted octanol–water partition coefficient (Wildman–Crippen LogP) is 1.64. The fraction of sp³-hybridized carbons (Fsp3) is 0. The summed E-state index contributed by atoms with van der Waals surface area (Å²) in [4.78, 5) is 21.9. The van der Waals surface area contributed by atoms with Crippen molar-refractivity contribution in [2.24, 2.45) is 0 Å². The van der Waals surface area contributed by atoms with Crippen LogP contribution in [0.25, 0.3) is 0 Å². The Hall–Kier alpha value is -2.99. The first-order valence-corrected chi connectivity index (χ1v) is 7.82. The number of nitrogens with one attached hydrogen (secondary N) is 2. The minimum absolute atomic E-state index is 0.140. The molecule has 0 spiro atoms. The van der Waals surface area contributed by atoms with Crippen LogP contribution in [-0.2, 0) is 10.0 Å². The number of sulfonamides is 1. The Morgan fingerprint density at radius 3 is 2.16 bits per heavy atom. The summed E-state index contributed by atoms with van der Waals surface area (Å²) in [5.41, 5.74) is 1.29. The van der Waals surface area contributed by atoms with Gasteiger partial charge in [-0.25, -0.2) is 21.6 Å². The average Bonchev–Trinajstić information content (AvgIpc) is 2.57. The molecular formula is C13H8F3N3O5S. The lowest BCUT2D eigenvalue weighted by Crippen LogP contribution is -2.41. The molecule has 0 bridgehead atoms. The molecule has 0 atom stereocenters. The molecule has 2 aromatic carbocycles. The molecule has 0 heterocycles. The zero-order valence-electron chi connectivity index (χ0n) is 12.0. The molecule has 0 unspecified atom stereocenters. The first-order valence-electron chi connectivity index (χ1n) is 6.33. The van der Waals surface area contributed by atoms with Crippen LogP contribution in [0.15, 0.2) is 41.3 Å². The van der Waals surface area contributed by atoms with Gasteiger partial charge in [-0.05, 0) is 24.3 Å². The maximum atomic E-state index is 13.5. The van der Waals surface area contributed by atoms with Gasteiger partial charge >= 0.3 is 0 Å². The number of hydrazine groups is 1. The van der Waals surface area contributed by atoms with Crippen molar-refractivity contribution in [2.75, 3.05) is 0 Å². The van der Waals surface area contributed by atoms with Crippen LogP contribution >= 0.6 is 0 Å². The van der Waals surface area contributed by atoms with E-state index in [4.69, 9.17) is 0 Å². The summed E-state index contributed by atoms with van der Waals surface area (Å²) in [5.74, 6) is -6.52. The number of hydrogen-bond donors (Lipinski definition) is 2. The van der Waals surface area contributed by atoms with Crippen LogP contribution in [0.2, 0.25) is 0 Å². The van der Waals surface area contributed by atoms with Gasteiger partial charge < -0.3 is 0 Å². The maximum Gasteiger partial charge on any atom is 0.269 e. The standard InChI is InChI=1S/C13H8F3N3O5S/c14-9-5-6-10(12(16)11(9)15)25(23,24)18-17-13(20)7-1-3-8(4-2-7)19(21)22/h1-6,18H,(H,17,20).